The van der Waals surface area contributed by atoms with E-state index in [9.17, 15) is 4.79 Å². The zero-order valence-corrected chi connectivity index (χ0v) is 16.2. The lowest BCUT2D eigenvalue weighted by molar-refractivity contribution is -0.139. The Morgan fingerprint density at radius 2 is 1.86 bits per heavy atom. The van der Waals surface area contributed by atoms with Crippen LogP contribution in [0.1, 0.15) is 12.8 Å². The second kappa shape index (κ2) is 8.56. The van der Waals surface area contributed by atoms with E-state index >= 15 is 0 Å². The highest BCUT2D eigenvalue weighted by Crippen LogP contribution is 2.25. The number of benzene rings is 1. The SMILES string of the molecule is COc1ccc(-c2ccc(N3CCCC(C(=O)N4CCOCC4)C3)nn2)cc1. The van der Waals surface area contributed by atoms with Gasteiger partial charge in [-0.05, 0) is 49.2 Å². The Morgan fingerprint density at radius 1 is 1.07 bits per heavy atom. The average molecular weight is 382 g/mol. The molecule has 0 bridgehead atoms. The number of ether oxygens (including phenoxy) is 2. The van der Waals surface area contributed by atoms with Gasteiger partial charge in [-0.2, -0.15) is 0 Å². The van der Waals surface area contributed by atoms with Gasteiger partial charge < -0.3 is 19.3 Å². The summed E-state index contributed by atoms with van der Waals surface area (Å²) >= 11 is 0. The minimum Gasteiger partial charge on any atom is -0.497 e. The van der Waals surface area contributed by atoms with Crippen molar-refractivity contribution in [3.8, 4) is 17.0 Å². The first-order valence-electron chi connectivity index (χ1n) is 9.84. The molecule has 2 aliphatic rings. The third-order valence-electron chi connectivity index (χ3n) is 5.45. The zero-order valence-electron chi connectivity index (χ0n) is 16.2. The molecule has 2 saturated heterocycles. The van der Waals surface area contributed by atoms with Crippen LogP contribution in [0.2, 0.25) is 0 Å². The number of carbonyl (C=O) groups excluding carboxylic acids is 1. The zero-order chi connectivity index (χ0) is 19.3. The van der Waals surface area contributed by atoms with Crippen molar-refractivity contribution in [2.24, 2.45) is 5.92 Å². The highest BCUT2D eigenvalue weighted by atomic mass is 16.5. The quantitative estimate of drug-likeness (QED) is 0.808. The average Bonchev–Trinajstić information content (AvgIpc) is 2.79. The number of piperidine rings is 1. The van der Waals surface area contributed by atoms with Gasteiger partial charge in [0.25, 0.3) is 0 Å². The summed E-state index contributed by atoms with van der Waals surface area (Å²) < 4.78 is 10.6. The molecular weight excluding hydrogens is 356 g/mol. The van der Waals surface area contributed by atoms with E-state index in [2.05, 4.69) is 15.1 Å². The summed E-state index contributed by atoms with van der Waals surface area (Å²) in [5.41, 5.74) is 1.82. The van der Waals surface area contributed by atoms with Crippen LogP contribution in [0.4, 0.5) is 5.82 Å². The molecule has 0 spiro atoms. The fourth-order valence-electron chi connectivity index (χ4n) is 3.84. The molecule has 1 aromatic heterocycles. The van der Waals surface area contributed by atoms with Gasteiger partial charge in [-0.25, -0.2) is 0 Å². The molecule has 0 aliphatic carbocycles. The molecule has 7 heteroatoms. The van der Waals surface area contributed by atoms with Gasteiger partial charge in [0, 0.05) is 31.7 Å². The van der Waals surface area contributed by atoms with Gasteiger partial charge in [0.2, 0.25) is 5.91 Å². The maximum Gasteiger partial charge on any atom is 0.227 e. The first-order valence-corrected chi connectivity index (χ1v) is 9.84. The predicted octanol–water partition coefficient (Wildman–Crippen LogP) is 2.23. The van der Waals surface area contributed by atoms with Crippen LogP contribution in [0.3, 0.4) is 0 Å². The first kappa shape index (κ1) is 18.7. The fraction of sp³-hybridized carbons (Fsp3) is 0.476. The molecule has 28 heavy (non-hydrogen) atoms. The van der Waals surface area contributed by atoms with E-state index < -0.39 is 0 Å². The van der Waals surface area contributed by atoms with Crippen molar-refractivity contribution < 1.29 is 14.3 Å². The lowest BCUT2D eigenvalue weighted by Gasteiger charge is -2.36. The summed E-state index contributed by atoms with van der Waals surface area (Å²) in [4.78, 5) is 16.9. The molecule has 0 saturated carbocycles. The first-order chi connectivity index (χ1) is 13.7. The third kappa shape index (κ3) is 4.09. The smallest absolute Gasteiger partial charge is 0.227 e. The van der Waals surface area contributed by atoms with Crippen LogP contribution in [0.15, 0.2) is 36.4 Å². The Labute approximate surface area is 165 Å². The summed E-state index contributed by atoms with van der Waals surface area (Å²) in [6.07, 6.45) is 1.92. The minimum atomic E-state index is 0.0231. The Hall–Kier alpha value is -2.67. The molecule has 148 valence electrons. The molecule has 0 N–H and O–H groups in total. The lowest BCUT2D eigenvalue weighted by Crippen LogP contribution is -2.48. The molecule has 0 radical (unpaired) electrons. The maximum absolute atomic E-state index is 12.8. The summed E-state index contributed by atoms with van der Waals surface area (Å²) in [5, 5.41) is 8.82. The number of aromatic nitrogens is 2. The summed E-state index contributed by atoms with van der Waals surface area (Å²) in [5.74, 6) is 1.92. The van der Waals surface area contributed by atoms with Crippen LogP contribution in [0.5, 0.6) is 5.75 Å². The van der Waals surface area contributed by atoms with Crippen molar-refractivity contribution >= 4 is 11.7 Å². The number of hydrogen-bond acceptors (Lipinski definition) is 6. The van der Waals surface area contributed by atoms with Crippen LogP contribution in [0, 0.1) is 5.92 Å². The van der Waals surface area contributed by atoms with E-state index in [4.69, 9.17) is 9.47 Å². The number of methoxy groups -OCH3 is 1. The van der Waals surface area contributed by atoms with E-state index in [0.29, 0.717) is 32.8 Å². The molecule has 1 aromatic carbocycles. The van der Waals surface area contributed by atoms with Crippen molar-refractivity contribution in [3.05, 3.63) is 36.4 Å². The fourth-order valence-corrected chi connectivity index (χ4v) is 3.84. The summed E-state index contributed by atoms with van der Waals surface area (Å²) in [6, 6.07) is 11.8. The van der Waals surface area contributed by atoms with Crippen LogP contribution in [0.25, 0.3) is 11.3 Å². The highest BCUT2D eigenvalue weighted by molar-refractivity contribution is 5.80. The normalized spacial score (nSPS) is 20.1. The molecule has 2 aliphatic heterocycles. The van der Waals surface area contributed by atoms with E-state index in [0.717, 1.165) is 42.2 Å². The molecule has 1 atom stereocenters. The van der Waals surface area contributed by atoms with Crippen molar-refractivity contribution in [1.29, 1.82) is 0 Å². The third-order valence-corrected chi connectivity index (χ3v) is 5.45. The lowest BCUT2D eigenvalue weighted by atomic mass is 9.96. The number of nitrogens with zero attached hydrogens (tertiary/aromatic N) is 4. The van der Waals surface area contributed by atoms with Gasteiger partial charge in [0.15, 0.2) is 5.82 Å². The van der Waals surface area contributed by atoms with Crippen LogP contribution in [-0.2, 0) is 9.53 Å². The minimum absolute atomic E-state index is 0.0231. The van der Waals surface area contributed by atoms with Gasteiger partial charge in [-0.1, -0.05) is 0 Å². The topological polar surface area (TPSA) is 67.8 Å². The van der Waals surface area contributed by atoms with Crippen molar-refractivity contribution in [2.45, 2.75) is 12.8 Å². The molecule has 7 nitrogen and oxygen atoms in total. The van der Waals surface area contributed by atoms with Gasteiger partial charge in [-0.3, -0.25) is 4.79 Å². The van der Waals surface area contributed by atoms with Crippen molar-refractivity contribution in [3.63, 3.8) is 0 Å². The van der Waals surface area contributed by atoms with Gasteiger partial charge in [0.05, 0.1) is 31.9 Å². The molecule has 1 amide bonds. The number of carbonyl (C=O) groups is 1. The number of anilines is 1. The Kier molecular flexibility index (Phi) is 5.71. The second-order valence-corrected chi connectivity index (χ2v) is 7.23. The number of morpholine rings is 1. The Bertz CT molecular complexity index is 788. The van der Waals surface area contributed by atoms with Crippen LogP contribution in [-0.4, -0.2) is 67.5 Å². The maximum atomic E-state index is 12.8. The Balaban J connectivity index is 1.42. The molecule has 1 unspecified atom stereocenters. The van der Waals surface area contributed by atoms with Crippen LogP contribution < -0.4 is 9.64 Å². The van der Waals surface area contributed by atoms with E-state index in [-0.39, 0.29) is 11.8 Å². The standard InChI is InChI=1S/C21H26N4O3/c1-27-18-6-4-16(5-7-18)19-8-9-20(23-22-19)25-10-2-3-17(15-25)21(26)24-11-13-28-14-12-24/h4-9,17H,2-3,10-15H2,1H3. The Morgan fingerprint density at radius 3 is 2.54 bits per heavy atom. The predicted molar refractivity (Wildman–Crippen MR) is 106 cm³/mol. The molecule has 3 heterocycles. The van der Waals surface area contributed by atoms with Crippen LogP contribution >= 0.6 is 0 Å². The summed E-state index contributed by atoms with van der Waals surface area (Å²) in [7, 11) is 1.65. The van der Waals surface area contributed by atoms with E-state index in [1.807, 2.05) is 41.3 Å². The summed E-state index contributed by atoms with van der Waals surface area (Å²) in [6.45, 7) is 4.29. The number of hydrogen-bond donors (Lipinski definition) is 0. The molecular formula is C21H26N4O3. The molecule has 2 fully saturated rings. The molecule has 2 aromatic rings. The number of rotatable bonds is 4. The second-order valence-electron chi connectivity index (χ2n) is 7.23. The van der Waals surface area contributed by atoms with Gasteiger partial charge in [0.1, 0.15) is 5.75 Å². The van der Waals surface area contributed by atoms with E-state index in [1.54, 1.807) is 7.11 Å². The monoisotopic (exact) mass is 382 g/mol. The number of amides is 1. The van der Waals surface area contributed by atoms with Crippen molar-refractivity contribution in [1.82, 2.24) is 15.1 Å². The highest BCUT2D eigenvalue weighted by Gasteiger charge is 2.30. The van der Waals surface area contributed by atoms with Crippen molar-refractivity contribution in [2.75, 3.05) is 51.4 Å². The van der Waals surface area contributed by atoms with Gasteiger partial charge >= 0.3 is 0 Å². The van der Waals surface area contributed by atoms with E-state index in [1.165, 1.54) is 0 Å². The largest absolute Gasteiger partial charge is 0.497 e. The van der Waals surface area contributed by atoms with Gasteiger partial charge in [-0.15, -0.1) is 10.2 Å². The molecule has 4 rings (SSSR count).